The number of pyridine rings is 3. The van der Waals surface area contributed by atoms with Gasteiger partial charge in [-0.2, -0.15) is 0 Å². The molecule has 1 saturated heterocycles. The molecule has 6 aromatic carbocycles. The van der Waals surface area contributed by atoms with Crippen LogP contribution in [0.15, 0.2) is 214 Å². The second-order valence-electron chi connectivity index (χ2n) is 25.9. The zero-order chi connectivity index (χ0) is 74.1. The van der Waals surface area contributed by atoms with Gasteiger partial charge >= 0.3 is 43.9 Å². The van der Waals surface area contributed by atoms with Gasteiger partial charge in [0.15, 0.2) is 0 Å². The van der Waals surface area contributed by atoms with Crippen molar-refractivity contribution in [2.75, 3.05) is 13.2 Å². The predicted molar refractivity (Wildman–Crippen MR) is 404 cm³/mol. The maximum atomic E-state index is 11.9. The van der Waals surface area contributed by atoms with Crippen molar-refractivity contribution in [3.8, 4) is 39.8 Å². The van der Waals surface area contributed by atoms with Crippen LogP contribution >= 0.6 is 11.6 Å². The molecule has 3 atom stereocenters. The zero-order valence-corrected chi connectivity index (χ0v) is 61.9. The van der Waals surface area contributed by atoms with Gasteiger partial charge in [-0.15, -0.1) is 0 Å². The van der Waals surface area contributed by atoms with Crippen molar-refractivity contribution in [1.82, 2.24) is 15.0 Å². The SMILES string of the molecule is CC(N)c1cccc(-c2cc(COc3ccccc3CC(=O)O)cc3ccoc23)n1.CC(N)c1cccc(Cl)n1.CCOC(=O)Cc1ccccc1OCc1cc(-c2cccc(C(C)N)n2)c2occc2c1.CCOC(=O)Cc1ccccc1OCc1cc(B2OC(C)(C)C(C)(C)O2)c2occc2c1.[Li+].[OH-]. The third-order valence-corrected chi connectivity index (χ3v) is 17.5. The number of fused-ring (bicyclic) bond motifs is 3. The Balaban J connectivity index is 0.000000186. The van der Waals surface area contributed by atoms with Gasteiger partial charge in [-0.05, 0) is 182 Å². The first-order chi connectivity index (χ1) is 50.0. The van der Waals surface area contributed by atoms with E-state index in [4.69, 9.17) is 85.1 Å². The molecule has 0 spiro atoms. The molecule has 1 fully saturated rings. The van der Waals surface area contributed by atoms with Crippen molar-refractivity contribution in [3.05, 3.63) is 256 Å². The zero-order valence-electron chi connectivity index (χ0n) is 61.2. The van der Waals surface area contributed by atoms with Gasteiger partial charge in [-0.1, -0.05) is 90.5 Å². The van der Waals surface area contributed by atoms with Crippen LogP contribution in [0.1, 0.15) is 131 Å². The second kappa shape index (κ2) is 37.7. The van der Waals surface area contributed by atoms with Gasteiger partial charge in [-0.25, -0.2) is 4.98 Å². The normalized spacial score (nSPS) is 13.4. The van der Waals surface area contributed by atoms with E-state index in [0.717, 1.165) is 106 Å². The summed E-state index contributed by atoms with van der Waals surface area (Å²) in [5, 5.41) is 12.5. The van der Waals surface area contributed by atoms with E-state index in [1.54, 1.807) is 56.9 Å². The van der Waals surface area contributed by atoms with Gasteiger partial charge < -0.3 is 74.0 Å². The number of rotatable bonds is 23. The minimum atomic E-state index is -0.895. The van der Waals surface area contributed by atoms with E-state index in [2.05, 4.69) is 9.97 Å². The van der Waals surface area contributed by atoms with Crippen LogP contribution in [0, 0.1) is 0 Å². The van der Waals surface area contributed by atoms with Crippen LogP contribution in [0.25, 0.3) is 55.4 Å². The maximum absolute atomic E-state index is 11.9. The predicted octanol–water partition coefficient (Wildman–Crippen LogP) is 12.9. The van der Waals surface area contributed by atoms with E-state index in [0.29, 0.717) is 54.4 Å². The average molecular weight is 1450 g/mol. The number of carboxylic acid groups (broad SMARTS) is 1. The molecule has 1 aliphatic heterocycles. The molecule has 0 saturated carbocycles. The largest absolute Gasteiger partial charge is 1.00 e. The van der Waals surface area contributed by atoms with Crippen LogP contribution in [-0.2, 0) is 72.2 Å². The standard InChI is InChI=1S/C26H26N2O4.C25H29BO6.C24H22N2O4.C7H9ClN2.Li.H2O/c1-3-30-25(29)15-19-7-4-5-10-24(19)32-16-18-13-20-11-12-31-26(20)21(14-18)23-9-6-8-22(28-23)17(2)27;1-6-28-22(27)15-18-9-7-8-10-21(18)30-16-17-13-19-11-12-29-23(19)20(14-17)26-31-24(2,3)25(4,5)32-26;1-15(25)20-6-4-7-21(26-20)19-12-16(11-18-9-10-29-24(18)19)14-30-22-8-3-2-5-17(22)13-23(27)28;1-5(9)6-3-2-4-7(8)10-6;;/h4-14,17H,3,15-16,27H2,1-2H3;7-14H,6,15-16H2,1-5H3;2-12,15H,13-14,25H2,1H3,(H,27,28);2-5H,9H2,1H3;;1H2/q;;;;+1;/p-1. The van der Waals surface area contributed by atoms with Crippen LogP contribution < -0.4 is 55.7 Å². The Labute approximate surface area is 633 Å². The van der Waals surface area contributed by atoms with Crippen molar-refractivity contribution in [1.29, 1.82) is 0 Å². The molecule has 3 unspecified atom stereocenters. The Morgan fingerprint density at radius 1 is 0.481 bits per heavy atom. The molecular weight excluding hydrogens is 1360 g/mol. The van der Waals surface area contributed by atoms with Gasteiger partial charge in [0.25, 0.3) is 0 Å². The fourth-order valence-corrected chi connectivity index (χ4v) is 11.5. The number of carbonyl (C=O) groups is 3. The first kappa shape index (κ1) is 81.6. The summed E-state index contributed by atoms with van der Waals surface area (Å²) in [6.07, 6.45) is 5.24. The number of aliphatic carboxylic acids is 1. The molecule has 7 heterocycles. The number of hydrogen-bond acceptors (Lipinski definition) is 20. The Bertz CT molecular complexity index is 4910. The number of esters is 2. The minimum Gasteiger partial charge on any atom is -0.870 e. The molecule has 0 radical (unpaired) electrons. The number of aromatic nitrogens is 3. The van der Waals surface area contributed by atoms with Crippen molar-refractivity contribution in [3.63, 3.8) is 0 Å². The summed E-state index contributed by atoms with van der Waals surface area (Å²) < 4.78 is 58.0. The van der Waals surface area contributed by atoms with Crippen LogP contribution in [0.3, 0.4) is 0 Å². The molecule has 6 aromatic heterocycles. The third kappa shape index (κ3) is 21.3. The van der Waals surface area contributed by atoms with Gasteiger partial charge in [0.2, 0.25) is 0 Å². The van der Waals surface area contributed by atoms with Crippen molar-refractivity contribution in [2.24, 2.45) is 17.2 Å². The number of nitrogens with two attached hydrogens (primary N) is 3. The molecule has 0 amide bonds. The molecule has 8 N–H and O–H groups in total. The number of hydrogen-bond donors (Lipinski definition) is 4. The maximum Gasteiger partial charge on any atom is 1.00 e. The van der Waals surface area contributed by atoms with E-state index in [9.17, 15) is 14.4 Å². The Morgan fingerprint density at radius 3 is 1.22 bits per heavy atom. The number of halogens is 1. The number of ether oxygens (including phenoxy) is 5. The Morgan fingerprint density at radius 2 is 0.840 bits per heavy atom. The number of carbonyl (C=O) groups excluding carboxylic acids is 2. The van der Waals surface area contributed by atoms with Crippen molar-refractivity contribution < 1.29 is 90.1 Å². The molecule has 546 valence electrons. The van der Waals surface area contributed by atoms with E-state index < -0.39 is 24.3 Å². The van der Waals surface area contributed by atoms with Crippen molar-refractivity contribution >= 4 is 75.0 Å². The van der Waals surface area contributed by atoms with Crippen LogP contribution in [-0.4, -0.2) is 75.0 Å². The monoisotopic (exact) mass is 1450 g/mol. The van der Waals surface area contributed by atoms with Gasteiger partial charge in [0.05, 0.1) is 90.9 Å². The van der Waals surface area contributed by atoms with Gasteiger partial charge in [0.1, 0.15) is 59.0 Å². The molecule has 12 aromatic rings. The topological polar surface area (TPSA) is 322 Å². The summed E-state index contributed by atoms with van der Waals surface area (Å²) in [4.78, 5) is 48.4. The summed E-state index contributed by atoms with van der Waals surface area (Å²) >= 11 is 5.62. The molecular formula is C82H87BClLiN6O15. The summed E-state index contributed by atoms with van der Waals surface area (Å²) in [5.74, 6) is 0.438. The van der Waals surface area contributed by atoms with E-state index in [-0.39, 0.29) is 80.3 Å². The number of carboxylic acids is 1. The Kier molecular flexibility index (Phi) is 29.1. The smallest absolute Gasteiger partial charge is 0.870 e. The van der Waals surface area contributed by atoms with Crippen LogP contribution in [0.5, 0.6) is 17.2 Å². The van der Waals surface area contributed by atoms with E-state index >= 15 is 0 Å². The summed E-state index contributed by atoms with van der Waals surface area (Å²) in [5.41, 5.74) is 30.6. The number of para-hydroxylation sites is 3. The van der Waals surface area contributed by atoms with Crippen LogP contribution in [0.2, 0.25) is 5.15 Å². The molecule has 106 heavy (non-hydrogen) atoms. The van der Waals surface area contributed by atoms with Crippen molar-refractivity contribution in [2.45, 2.75) is 131 Å². The fraction of sp³-hybridized carbons (Fsp3) is 0.268. The number of nitrogens with zero attached hydrogens (tertiary/aromatic N) is 3. The third-order valence-electron chi connectivity index (χ3n) is 17.3. The molecule has 0 bridgehead atoms. The Hall–Kier alpha value is -10.1. The quantitative estimate of drug-likeness (QED) is 0.0263. The van der Waals surface area contributed by atoms with Gasteiger partial charge in [-0.3, -0.25) is 24.4 Å². The molecule has 0 aliphatic carbocycles. The fourth-order valence-electron chi connectivity index (χ4n) is 11.4. The average Bonchev–Trinajstić information content (AvgIpc) is 1.60. The van der Waals surface area contributed by atoms with Gasteiger partial charge in [0, 0.05) is 67.6 Å². The molecule has 21 nitrogen and oxygen atoms in total. The first-order valence-corrected chi connectivity index (χ1v) is 34.7. The number of benzene rings is 6. The minimum absolute atomic E-state index is 0. The molecule has 1 aliphatic rings. The van der Waals surface area contributed by atoms with E-state index in [1.807, 2.05) is 206 Å². The summed E-state index contributed by atoms with van der Waals surface area (Å²) in [6.45, 7) is 19.0. The summed E-state index contributed by atoms with van der Waals surface area (Å²) in [6, 6.07) is 56.6. The number of furan rings is 3. The van der Waals surface area contributed by atoms with E-state index in [1.165, 1.54) is 0 Å². The summed E-state index contributed by atoms with van der Waals surface area (Å²) in [7, 11) is -0.537. The van der Waals surface area contributed by atoms with Crippen LogP contribution in [0.4, 0.5) is 0 Å². The molecule has 13 rings (SSSR count). The first-order valence-electron chi connectivity index (χ1n) is 34.3. The molecule has 24 heteroatoms. The second-order valence-corrected chi connectivity index (χ2v) is 26.3.